The fourth-order valence-corrected chi connectivity index (χ4v) is 3.21. The number of methoxy groups -OCH3 is 1. The van der Waals surface area contributed by atoms with Crippen molar-refractivity contribution in [2.75, 3.05) is 12.9 Å². The van der Waals surface area contributed by atoms with E-state index in [1.54, 1.807) is 13.3 Å². The summed E-state index contributed by atoms with van der Waals surface area (Å²) in [6, 6.07) is 3.71. The first-order valence-electron chi connectivity index (χ1n) is 5.17. The molecule has 0 unspecified atom stereocenters. The monoisotopic (exact) mass is 405 g/mol. The zero-order valence-corrected chi connectivity index (χ0v) is 13.8. The van der Waals surface area contributed by atoms with Crippen molar-refractivity contribution in [2.24, 2.45) is 10.2 Å². The lowest BCUT2D eigenvalue weighted by molar-refractivity contribution is -0.116. The van der Waals surface area contributed by atoms with Gasteiger partial charge in [0.25, 0.3) is 0 Å². The van der Waals surface area contributed by atoms with Gasteiger partial charge in [-0.15, -0.1) is 5.10 Å². The van der Waals surface area contributed by atoms with Crippen LogP contribution in [0.3, 0.4) is 0 Å². The molecule has 1 N–H and O–H groups in total. The van der Waals surface area contributed by atoms with E-state index in [-0.39, 0.29) is 5.91 Å². The second-order valence-corrected chi connectivity index (χ2v) is 6.17. The van der Waals surface area contributed by atoms with Gasteiger partial charge in [-0.05, 0) is 28.1 Å². The molecule has 19 heavy (non-hydrogen) atoms. The smallest absolute Gasteiger partial charge is 0.236 e. The van der Waals surface area contributed by atoms with Gasteiger partial charge < -0.3 is 10.1 Å². The Kier molecular flexibility index (Phi) is 5.00. The molecule has 1 aromatic carbocycles. The molecule has 1 aliphatic heterocycles. The van der Waals surface area contributed by atoms with Crippen LogP contribution < -0.4 is 10.1 Å². The van der Waals surface area contributed by atoms with Gasteiger partial charge in [0, 0.05) is 10.0 Å². The Morgan fingerprint density at radius 1 is 1.42 bits per heavy atom. The predicted molar refractivity (Wildman–Crippen MR) is 84.0 cm³/mol. The Balaban J connectivity index is 2.17. The molecule has 0 radical (unpaired) electrons. The van der Waals surface area contributed by atoms with Crippen molar-refractivity contribution in [1.82, 2.24) is 5.32 Å². The van der Waals surface area contributed by atoms with Crippen molar-refractivity contribution in [1.29, 1.82) is 0 Å². The molecule has 1 heterocycles. The van der Waals surface area contributed by atoms with Crippen LogP contribution in [-0.4, -0.2) is 30.2 Å². The summed E-state index contributed by atoms with van der Waals surface area (Å²) in [6.45, 7) is 0. The van der Waals surface area contributed by atoms with Crippen molar-refractivity contribution in [3.8, 4) is 5.75 Å². The number of hydrogen-bond donors (Lipinski definition) is 1. The summed E-state index contributed by atoms with van der Waals surface area (Å²) in [5.41, 5.74) is 0.832. The van der Waals surface area contributed by atoms with E-state index >= 15 is 0 Å². The number of carbonyl (C=O) groups is 1. The number of carbonyl (C=O) groups excluding carboxylic acids is 1. The molecular weight excluding hydrogens is 398 g/mol. The normalized spacial score (nSPS) is 17.2. The number of hydrogen-bond acceptors (Lipinski definition) is 5. The predicted octanol–water partition coefficient (Wildman–Crippen LogP) is 2.77. The second kappa shape index (κ2) is 6.53. The van der Waals surface area contributed by atoms with Crippen molar-refractivity contribution in [2.45, 2.75) is 0 Å². The standard InChI is InChI=1S/C11H9Br2N3O2S/c1-18-9-2-6(7(12)3-8(9)13)4-14-16-11-15-10(17)5-19-11/h2-4H,5H2,1H3,(H,15,16,17). The van der Waals surface area contributed by atoms with Crippen molar-refractivity contribution in [3.05, 3.63) is 26.6 Å². The topological polar surface area (TPSA) is 63.1 Å². The van der Waals surface area contributed by atoms with Crippen LogP contribution in [0.15, 0.2) is 31.3 Å². The van der Waals surface area contributed by atoms with Crippen LogP contribution in [0.4, 0.5) is 0 Å². The summed E-state index contributed by atoms with van der Waals surface area (Å²) in [6.07, 6.45) is 1.59. The molecular formula is C11H9Br2N3O2S. The maximum Gasteiger partial charge on any atom is 0.236 e. The highest BCUT2D eigenvalue weighted by molar-refractivity contribution is 9.11. The highest BCUT2D eigenvalue weighted by Gasteiger charge is 2.15. The molecule has 5 nitrogen and oxygen atoms in total. The Bertz CT molecular complexity index is 575. The van der Waals surface area contributed by atoms with E-state index in [4.69, 9.17) is 4.74 Å². The van der Waals surface area contributed by atoms with E-state index in [2.05, 4.69) is 47.4 Å². The van der Waals surface area contributed by atoms with Crippen LogP contribution in [0.25, 0.3) is 0 Å². The highest BCUT2D eigenvalue weighted by atomic mass is 79.9. The average molecular weight is 407 g/mol. The molecule has 100 valence electrons. The second-order valence-electron chi connectivity index (χ2n) is 3.49. The van der Waals surface area contributed by atoms with Crippen molar-refractivity contribution in [3.63, 3.8) is 0 Å². The molecule has 0 aliphatic carbocycles. The van der Waals surface area contributed by atoms with Gasteiger partial charge in [-0.2, -0.15) is 5.10 Å². The summed E-state index contributed by atoms with van der Waals surface area (Å²) < 4.78 is 6.93. The van der Waals surface area contributed by atoms with E-state index in [0.717, 1.165) is 14.5 Å². The highest BCUT2D eigenvalue weighted by Crippen LogP contribution is 2.30. The number of thioether (sulfide) groups is 1. The number of nitrogens with one attached hydrogen (secondary N) is 1. The van der Waals surface area contributed by atoms with Gasteiger partial charge in [-0.3, -0.25) is 4.79 Å². The minimum absolute atomic E-state index is 0.0505. The van der Waals surface area contributed by atoms with Gasteiger partial charge in [0.1, 0.15) is 5.75 Å². The summed E-state index contributed by atoms with van der Waals surface area (Å²) in [5.74, 6) is 1.05. The van der Waals surface area contributed by atoms with Crippen LogP contribution in [0, 0.1) is 0 Å². The number of halogens is 2. The maximum absolute atomic E-state index is 11.0. The SMILES string of the molecule is COc1cc(C=NN=C2NC(=O)CS2)c(Br)cc1Br. The summed E-state index contributed by atoms with van der Waals surface area (Å²) in [7, 11) is 1.60. The third kappa shape index (κ3) is 3.80. The Morgan fingerprint density at radius 3 is 2.84 bits per heavy atom. The zero-order valence-electron chi connectivity index (χ0n) is 9.81. The quantitative estimate of drug-likeness (QED) is 0.620. The molecule has 0 atom stereocenters. The van der Waals surface area contributed by atoms with Crippen molar-refractivity contribution < 1.29 is 9.53 Å². The van der Waals surface area contributed by atoms with E-state index in [1.807, 2.05) is 12.1 Å². The molecule has 0 saturated carbocycles. The van der Waals surface area contributed by atoms with E-state index in [0.29, 0.717) is 16.7 Å². The van der Waals surface area contributed by atoms with Crippen LogP contribution in [0.1, 0.15) is 5.56 Å². The Hall–Kier alpha value is -0.860. The number of amides is 1. The number of benzene rings is 1. The van der Waals surface area contributed by atoms with E-state index in [1.165, 1.54) is 11.8 Å². The Morgan fingerprint density at radius 2 is 2.21 bits per heavy atom. The number of nitrogens with zero attached hydrogens (tertiary/aromatic N) is 2. The van der Waals surface area contributed by atoms with Crippen LogP contribution >= 0.6 is 43.6 Å². The average Bonchev–Trinajstić information content (AvgIpc) is 2.78. The zero-order chi connectivity index (χ0) is 13.8. The molecule has 1 saturated heterocycles. The molecule has 0 bridgehead atoms. The third-order valence-electron chi connectivity index (χ3n) is 2.20. The molecule has 8 heteroatoms. The van der Waals surface area contributed by atoms with Gasteiger partial charge in [-0.25, -0.2) is 0 Å². The lowest BCUT2D eigenvalue weighted by Gasteiger charge is -2.05. The number of ether oxygens (including phenoxy) is 1. The Labute approximate surface area is 131 Å². The number of rotatable bonds is 3. The summed E-state index contributed by atoms with van der Waals surface area (Å²) in [5, 5.41) is 11.0. The van der Waals surface area contributed by atoms with Crippen LogP contribution in [0.2, 0.25) is 0 Å². The van der Waals surface area contributed by atoms with Crippen LogP contribution in [-0.2, 0) is 4.79 Å². The molecule has 1 fully saturated rings. The fraction of sp³-hybridized carbons (Fsp3) is 0.182. The van der Waals surface area contributed by atoms with Crippen LogP contribution in [0.5, 0.6) is 5.75 Å². The van der Waals surface area contributed by atoms with E-state index < -0.39 is 0 Å². The minimum Gasteiger partial charge on any atom is -0.496 e. The first-order valence-corrected chi connectivity index (χ1v) is 7.74. The van der Waals surface area contributed by atoms with Gasteiger partial charge in [0.05, 0.1) is 23.5 Å². The first kappa shape index (κ1) is 14.5. The number of amidine groups is 1. The first-order chi connectivity index (χ1) is 9.10. The summed E-state index contributed by atoms with van der Waals surface area (Å²) in [4.78, 5) is 11.0. The summed E-state index contributed by atoms with van der Waals surface area (Å²) >= 11 is 8.16. The maximum atomic E-state index is 11.0. The van der Waals surface area contributed by atoms with Gasteiger partial charge in [0.15, 0.2) is 5.17 Å². The van der Waals surface area contributed by atoms with Crippen molar-refractivity contribution >= 4 is 60.9 Å². The van der Waals surface area contributed by atoms with Gasteiger partial charge in [0.2, 0.25) is 5.91 Å². The lowest BCUT2D eigenvalue weighted by atomic mass is 10.2. The molecule has 1 amide bonds. The fourth-order valence-electron chi connectivity index (χ4n) is 1.32. The molecule has 0 aromatic heterocycles. The molecule has 1 aromatic rings. The third-order valence-corrected chi connectivity index (χ3v) is 4.37. The molecule has 1 aliphatic rings. The minimum atomic E-state index is -0.0505. The largest absolute Gasteiger partial charge is 0.496 e. The van der Waals surface area contributed by atoms with E-state index in [9.17, 15) is 4.79 Å². The lowest BCUT2D eigenvalue weighted by Crippen LogP contribution is -2.19. The molecule has 0 spiro atoms. The van der Waals surface area contributed by atoms with Gasteiger partial charge in [-0.1, -0.05) is 27.7 Å². The van der Waals surface area contributed by atoms with Gasteiger partial charge >= 0.3 is 0 Å². The molecule has 2 rings (SSSR count).